The molecule has 0 spiro atoms. The van der Waals surface area contributed by atoms with E-state index in [4.69, 9.17) is 0 Å². The summed E-state index contributed by atoms with van der Waals surface area (Å²) >= 11 is 0. The lowest BCUT2D eigenvalue weighted by Crippen LogP contribution is -2.50. The minimum absolute atomic E-state index is 0.108. The van der Waals surface area contributed by atoms with Crippen LogP contribution in [-0.2, 0) is 6.54 Å². The molecule has 32 heavy (non-hydrogen) atoms. The Balaban J connectivity index is 1.58. The van der Waals surface area contributed by atoms with Gasteiger partial charge in [-0.2, -0.15) is 5.10 Å². The second kappa shape index (κ2) is 8.33. The number of phenols is 1. The molecule has 0 unspecified atom stereocenters. The van der Waals surface area contributed by atoms with E-state index in [9.17, 15) is 9.50 Å². The SMILES string of the molecule is Cc1[nH]nc2nc(-c3ccc(O)cc3F)cc(CN3C[C@@H](C)NC[C@@H]3c3ccccc3)c12. The number of hydrogen-bond acceptors (Lipinski definition) is 5. The van der Waals surface area contributed by atoms with E-state index >= 15 is 0 Å². The second-order valence-electron chi connectivity index (χ2n) is 8.54. The lowest BCUT2D eigenvalue weighted by molar-refractivity contribution is 0.128. The standard InChI is InChI=1S/C25H26FN5O/c1-15-13-31(23(12-27-15)17-6-4-3-5-7-17)14-18-10-22(20-9-8-19(32)11-21(20)26)28-25-24(18)16(2)29-30-25/h3-11,15,23,27,32H,12-14H2,1-2H3,(H,28,29,30)/t15-,23-/m1/s1. The fraction of sp³-hybridized carbons (Fsp3) is 0.280. The number of piperazine rings is 1. The Bertz CT molecular complexity index is 1260. The van der Waals surface area contributed by atoms with Gasteiger partial charge in [0.05, 0.1) is 5.69 Å². The average Bonchev–Trinajstić information content (AvgIpc) is 3.15. The summed E-state index contributed by atoms with van der Waals surface area (Å²) in [7, 11) is 0. The molecule has 1 aliphatic rings. The summed E-state index contributed by atoms with van der Waals surface area (Å²) in [4.78, 5) is 7.07. The second-order valence-corrected chi connectivity index (χ2v) is 8.54. The maximum absolute atomic E-state index is 14.6. The third kappa shape index (κ3) is 3.85. The highest BCUT2D eigenvalue weighted by Gasteiger charge is 2.28. The molecule has 2 aromatic carbocycles. The smallest absolute Gasteiger partial charge is 0.182 e. The summed E-state index contributed by atoms with van der Waals surface area (Å²) in [5.74, 6) is -0.614. The van der Waals surface area contributed by atoms with E-state index in [0.29, 0.717) is 29.5 Å². The molecule has 1 aliphatic heterocycles. The van der Waals surface area contributed by atoms with Gasteiger partial charge in [-0.25, -0.2) is 9.37 Å². The summed E-state index contributed by atoms with van der Waals surface area (Å²) in [6.45, 7) is 6.62. The molecule has 164 valence electrons. The van der Waals surface area contributed by atoms with Crippen LogP contribution in [0.1, 0.15) is 29.8 Å². The Kier molecular flexibility index (Phi) is 5.36. The first-order chi connectivity index (χ1) is 15.5. The number of pyridine rings is 1. The van der Waals surface area contributed by atoms with Crippen LogP contribution in [0.3, 0.4) is 0 Å². The van der Waals surface area contributed by atoms with Crippen molar-refractivity contribution in [3.05, 3.63) is 77.2 Å². The number of benzene rings is 2. The Morgan fingerprint density at radius 2 is 1.97 bits per heavy atom. The highest BCUT2D eigenvalue weighted by molar-refractivity contribution is 5.84. The molecule has 6 nitrogen and oxygen atoms in total. The molecule has 0 saturated carbocycles. The Labute approximate surface area is 186 Å². The van der Waals surface area contributed by atoms with E-state index in [1.165, 1.54) is 11.6 Å². The van der Waals surface area contributed by atoms with Gasteiger partial charge in [-0.1, -0.05) is 30.3 Å². The Morgan fingerprint density at radius 3 is 2.75 bits per heavy atom. The van der Waals surface area contributed by atoms with Crippen molar-refractivity contribution in [2.45, 2.75) is 32.5 Å². The molecule has 0 aliphatic carbocycles. The van der Waals surface area contributed by atoms with Gasteiger partial charge in [-0.05, 0) is 43.2 Å². The number of H-pyrrole nitrogens is 1. The molecule has 5 rings (SSSR count). The summed E-state index contributed by atoms with van der Waals surface area (Å²) < 4.78 is 14.6. The lowest BCUT2D eigenvalue weighted by Gasteiger charge is -2.40. The number of hydrogen-bond donors (Lipinski definition) is 3. The van der Waals surface area contributed by atoms with Crippen molar-refractivity contribution in [3.8, 4) is 17.0 Å². The van der Waals surface area contributed by atoms with Crippen molar-refractivity contribution in [2.75, 3.05) is 13.1 Å². The van der Waals surface area contributed by atoms with Gasteiger partial charge >= 0.3 is 0 Å². The molecule has 0 radical (unpaired) electrons. The number of aromatic nitrogens is 3. The highest BCUT2D eigenvalue weighted by Crippen LogP contribution is 2.32. The van der Waals surface area contributed by atoms with Crippen LogP contribution in [0.5, 0.6) is 5.75 Å². The van der Waals surface area contributed by atoms with Gasteiger partial charge in [0, 0.05) is 54.4 Å². The van der Waals surface area contributed by atoms with Crippen molar-refractivity contribution in [2.24, 2.45) is 0 Å². The van der Waals surface area contributed by atoms with E-state index in [2.05, 4.69) is 56.6 Å². The predicted molar refractivity (Wildman–Crippen MR) is 123 cm³/mol. The fourth-order valence-corrected chi connectivity index (χ4v) is 4.62. The van der Waals surface area contributed by atoms with E-state index in [0.717, 1.165) is 35.8 Å². The number of nitrogens with zero attached hydrogens (tertiary/aromatic N) is 3. The van der Waals surface area contributed by atoms with Gasteiger partial charge < -0.3 is 10.4 Å². The Morgan fingerprint density at radius 1 is 1.16 bits per heavy atom. The van der Waals surface area contributed by atoms with Crippen LogP contribution < -0.4 is 5.32 Å². The third-order valence-electron chi connectivity index (χ3n) is 6.18. The van der Waals surface area contributed by atoms with Crippen LogP contribution in [0.4, 0.5) is 4.39 Å². The van der Waals surface area contributed by atoms with Crippen molar-refractivity contribution in [3.63, 3.8) is 0 Å². The van der Waals surface area contributed by atoms with E-state index in [1.54, 1.807) is 6.07 Å². The summed E-state index contributed by atoms with van der Waals surface area (Å²) in [6.07, 6.45) is 0. The van der Waals surface area contributed by atoms with Gasteiger partial charge in [0.2, 0.25) is 0 Å². The molecule has 4 aromatic rings. The number of fused-ring (bicyclic) bond motifs is 1. The maximum atomic E-state index is 14.6. The molecule has 1 fully saturated rings. The molecule has 3 N–H and O–H groups in total. The van der Waals surface area contributed by atoms with Gasteiger partial charge in [0.15, 0.2) is 5.65 Å². The monoisotopic (exact) mass is 431 g/mol. The number of aryl methyl sites for hydroxylation is 1. The zero-order valence-corrected chi connectivity index (χ0v) is 18.1. The van der Waals surface area contributed by atoms with Gasteiger partial charge in [0.1, 0.15) is 11.6 Å². The molecule has 2 atom stereocenters. The molecular weight excluding hydrogens is 405 g/mol. The van der Waals surface area contributed by atoms with Gasteiger partial charge in [-0.3, -0.25) is 10.00 Å². The van der Waals surface area contributed by atoms with Crippen molar-refractivity contribution < 1.29 is 9.50 Å². The molecule has 0 bridgehead atoms. The number of aromatic hydroxyl groups is 1. The first kappa shape index (κ1) is 20.6. The van der Waals surface area contributed by atoms with Crippen molar-refractivity contribution >= 4 is 11.0 Å². The lowest BCUT2D eigenvalue weighted by atomic mass is 9.99. The van der Waals surface area contributed by atoms with Crippen LogP contribution in [-0.4, -0.2) is 44.3 Å². The number of nitrogens with one attached hydrogen (secondary N) is 2. The molecule has 2 aromatic heterocycles. The van der Waals surface area contributed by atoms with Crippen LogP contribution >= 0.6 is 0 Å². The largest absolute Gasteiger partial charge is 0.508 e. The number of phenolic OH excluding ortho intramolecular Hbond substituents is 1. The molecule has 7 heteroatoms. The van der Waals surface area contributed by atoms with Gasteiger partial charge in [-0.15, -0.1) is 0 Å². The minimum Gasteiger partial charge on any atom is -0.508 e. The molecule has 1 saturated heterocycles. The third-order valence-corrected chi connectivity index (χ3v) is 6.18. The van der Waals surface area contributed by atoms with Crippen molar-refractivity contribution in [1.82, 2.24) is 25.4 Å². The van der Waals surface area contributed by atoms with Crippen molar-refractivity contribution in [1.29, 1.82) is 0 Å². The number of aromatic amines is 1. The van der Waals surface area contributed by atoms with Crippen LogP contribution in [0.2, 0.25) is 0 Å². The predicted octanol–water partition coefficient (Wildman–Crippen LogP) is 4.31. The maximum Gasteiger partial charge on any atom is 0.182 e. The Hall–Kier alpha value is -3.29. The first-order valence-corrected chi connectivity index (χ1v) is 10.9. The van der Waals surface area contributed by atoms with E-state index < -0.39 is 5.82 Å². The van der Waals surface area contributed by atoms with E-state index in [1.807, 2.05) is 19.1 Å². The zero-order valence-electron chi connectivity index (χ0n) is 18.1. The topological polar surface area (TPSA) is 77.1 Å². The van der Waals surface area contributed by atoms with Crippen LogP contribution in [0, 0.1) is 12.7 Å². The zero-order chi connectivity index (χ0) is 22.2. The summed E-state index contributed by atoms with van der Waals surface area (Å²) in [5, 5.41) is 21.6. The molecule has 3 heterocycles. The summed E-state index contributed by atoms with van der Waals surface area (Å²) in [6, 6.07) is 17.2. The van der Waals surface area contributed by atoms with Gasteiger partial charge in [0.25, 0.3) is 0 Å². The normalized spacial score (nSPS) is 19.5. The van der Waals surface area contributed by atoms with Crippen LogP contribution in [0.15, 0.2) is 54.6 Å². The summed E-state index contributed by atoms with van der Waals surface area (Å²) in [5.41, 5.74) is 4.70. The van der Waals surface area contributed by atoms with E-state index in [-0.39, 0.29) is 11.8 Å². The quantitative estimate of drug-likeness (QED) is 0.449. The molecule has 0 amide bonds. The number of halogens is 1. The molecular formula is C25H26FN5O. The number of rotatable bonds is 4. The first-order valence-electron chi connectivity index (χ1n) is 10.9. The van der Waals surface area contributed by atoms with Crippen LogP contribution in [0.25, 0.3) is 22.3 Å². The minimum atomic E-state index is -0.506. The highest BCUT2D eigenvalue weighted by atomic mass is 19.1. The average molecular weight is 432 g/mol. The fourth-order valence-electron chi connectivity index (χ4n) is 4.62.